The predicted molar refractivity (Wildman–Crippen MR) is 173 cm³/mol. The van der Waals surface area contributed by atoms with Crippen LogP contribution in [0.1, 0.15) is 47.3 Å². The monoisotopic (exact) mass is 631 g/mol. The van der Waals surface area contributed by atoms with Gasteiger partial charge in [0.2, 0.25) is 11.8 Å². The fourth-order valence-corrected chi connectivity index (χ4v) is 5.95. The minimum absolute atomic E-state index is 0.0823. The first-order chi connectivity index (χ1) is 22.4. The molecule has 1 aromatic heterocycles. The smallest absolute Gasteiger partial charge is 0.255 e. The van der Waals surface area contributed by atoms with E-state index in [0.717, 1.165) is 37.2 Å². The van der Waals surface area contributed by atoms with Gasteiger partial charge in [0.05, 0.1) is 25.0 Å². The molecule has 246 valence electrons. The highest BCUT2D eigenvalue weighted by Crippen LogP contribution is 2.31. The van der Waals surface area contributed by atoms with E-state index >= 15 is 0 Å². The second-order valence-electron chi connectivity index (χ2n) is 12.1. The fourth-order valence-electron chi connectivity index (χ4n) is 5.95. The Hall–Kier alpha value is -4.45. The Morgan fingerprint density at radius 3 is 2.61 bits per heavy atom. The molecule has 2 N–H and O–H groups in total. The molecule has 3 amide bonds. The number of para-hydroxylation sites is 1. The van der Waals surface area contributed by atoms with Crippen molar-refractivity contribution >= 4 is 17.7 Å². The molecule has 2 aliphatic heterocycles. The standard InChI is InChI=1S/C34H45N7O5/c1-39-17-12-26(13-18-39)23-31(42)40-19-14-27-24-41(38-37-27)16-7-21-46-32-28(10-6-11-30(32)45-2)33(43)36-29(34(44)35-15-20-40)22-25-8-4-3-5-9-25/h3-6,8-11,24,26,29H,7,12-23H2,1-2H3,(H,35,44)(H,36,43)/t29-/m0/s1. The molecule has 1 fully saturated rings. The number of methoxy groups -OCH3 is 1. The second kappa shape index (κ2) is 16.2. The van der Waals surface area contributed by atoms with E-state index in [4.69, 9.17) is 9.47 Å². The van der Waals surface area contributed by atoms with Crippen molar-refractivity contribution in [2.45, 2.75) is 51.1 Å². The summed E-state index contributed by atoms with van der Waals surface area (Å²) in [5.74, 6) is 0.405. The summed E-state index contributed by atoms with van der Waals surface area (Å²) in [6.07, 6.45) is 5.85. The summed E-state index contributed by atoms with van der Waals surface area (Å²) in [5, 5.41) is 14.5. The van der Waals surface area contributed by atoms with Gasteiger partial charge < -0.3 is 29.9 Å². The SMILES string of the molecule is COc1cccc2c1OCCCn1cc(nn1)CCN(C(=O)CC1CCN(C)CC1)CCNC(=O)[C@H](Cc1ccccc1)NC2=O. The van der Waals surface area contributed by atoms with Crippen molar-refractivity contribution in [2.24, 2.45) is 5.92 Å². The lowest BCUT2D eigenvalue weighted by atomic mass is 9.93. The Morgan fingerprint density at radius 1 is 1.02 bits per heavy atom. The van der Waals surface area contributed by atoms with Crippen molar-refractivity contribution in [2.75, 3.05) is 53.5 Å². The van der Waals surface area contributed by atoms with Crippen molar-refractivity contribution in [3.05, 3.63) is 71.5 Å². The number of carbonyl (C=O) groups is 3. The Balaban J connectivity index is 1.36. The lowest BCUT2D eigenvalue weighted by Gasteiger charge is -2.30. The third-order valence-corrected chi connectivity index (χ3v) is 8.68. The van der Waals surface area contributed by atoms with Crippen LogP contribution in [0.3, 0.4) is 0 Å². The molecule has 2 bridgehead atoms. The molecule has 0 radical (unpaired) electrons. The summed E-state index contributed by atoms with van der Waals surface area (Å²) in [6, 6.07) is 13.8. The van der Waals surface area contributed by atoms with Crippen molar-refractivity contribution in [1.82, 2.24) is 35.4 Å². The molecule has 3 aromatic rings. The van der Waals surface area contributed by atoms with E-state index in [1.54, 1.807) is 22.9 Å². The predicted octanol–water partition coefficient (Wildman–Crippen LogP) is 2.33. The number of rotatable bonds is 5. The van der Waals surface area contributed by atoms with Crippen molar-refractivity contribution in [3.8, 4) is 11.5 Å². The third-order valence-electron chi connectivity index (χ3n) is 8.68. The van der Waals surface area contributed by atoms with Crippen LogP contribution in [-0.2, 0) is 29.0 Å². The van der Waals surface area contributed by atoms with Crippen LogP contribution in [0.15, 0.2) is 54.7 Å². The van der Waals surface area contributed by atoms with E-state index in [2.05, 4.69) is 32.9 Å². The van der Waals surface area contributed by atoms with Gasteiger partial charge in [0.25, 0.3) is 5.91 Å². The normalized spacial score (nSPS) is 19.4. The van der Waals surface area contributed by atoms with Crippen LogP contribution < -0.4 is 20.1 Å². The minimum atomic E-state index is -0.853. The summed E-state index contributed by atoms with van der Waals surface area (Å²) < 4.78 is 13.4. The molecule has 1 atom stereocenters. The van der Waals surface area contributed by atoms with Gasteiger partial charge in [0, 0.05) is 58.1 Å². The van der Waals surface area contributed by atoms with Gasteiger partial charge in [0.1, 0.15) is 6.04 Å². The van der Waals surface area contributed by atoms with Gasteiger partial charge in [-0.1, -0.05) is 41.6 Å². The molecule has 0 aliphatic carbocycles. The average molecular weight is 632 g/mol. The van der Waals surface area contributed by atoms with E-state index in [0.29, 0.717) is 69.3 Å². The maximum Gasteiger partial charge on any atom is 0.255 e. The minimum Gasteiger partial charge on any atom is -0.493 e. The number of aromatic nitrogens is 3. The Morgan fingerprint density at radius 2 is 1.83 bits per heavy atom. The maximum absolute atomic E-state index is 13.7. The molecule has 0 saturated carbocycles. The highest BCUT2D eigenvalue weighted by Gasteiger charge is 2.26. The number of hydrogen-bond acceptors (Lipinski definition) is 8. The number of aryl methyl sites for hydroxylation is 1. The summed E-state index contributed by atoms with van der Waals surface area (Å²) in [4.78, 5) is 45.0. The summed E-state index contributed by atoms with van der Waals surface area (Å²) in [5.41, 5.74) is 1.98. The van der Waals surface area contributed by atoms with Gasteiger partial charge >= 0.3 is 0 Å². The zero-order valence-electron chi connectivity index (χ0n) is 26.8. The first-order valence-electron chi connectivity index (χ1n) is 16.2. The van der Waals surface area contributed by atoms with Crippen LogP contribution in [0.4, 0.5) is 0 Å². The number of piperidine rings is 1. The van der Waals surface area contributed by atoms with E-state index < -0.39 is 11.9 Å². The number of benzene rings is 2. The van der Waals surface area contributed by atoms with Gasteiger partial charge in [-0.3, -0.25) is 19.1 Å². The third kappa shape index (κ3) is 9.06. The fraction of sp³-hybridized carbons (Fsp3) is 0.500. The summed E-state index contributed by atoms with van der Waals surface area (Å²) in [6.45, 7) is 3.94. The number of nitrogens with zero attached hydrogens (tertiary/aromatic N) is 5. The molecule has 0 unspecified atom stereocenters. The first kappa shape index (κ1) is 32.9. The van der Waals surface area contributed by atoms with Crippen molar-refractivity contribution in [3.63, 3.8) is 0 Å². The quantitative estimate of drug-likeness (QED) is 0.439. The van der Waals surface area contributed by atoms with E-state index in [1.807, 2.05) is 41.4 Å². The lowest BCUT2D eigenvalue weighted by Crippen LogP contribution is -2.50. The number of hydrogen-bond donors (Lipinski definition) is 2. The topological polar surface area (TPSA) is 131 Å². The van der Waals surface area contributed by atoms with E-state index in [-0.39, 0.29) is 23.9 Å². The summed E-state index contributed by atoms with van der Waals surface area (Å²) >= 11 is 0. The molecule has 2 aliphatic rings. The van der Waals surface area contributed by atoms with Gasteiger partial charge in [-0.15, -0.1) is 5.10 Å². The molecule has 5 rings (SSSR count). The highest BCUT2D eigenvalue weighted by molar-refractivity contribution is 6.00. The van der Waals surface area contributed by atoms with Gasteiger partial charge in [0.15, 0.2) is 11.5 Å². The molecular formula is C34H45N7O5. The molecule has 0 spiro atoms. The number of likely N-dealkylation sites (tertiary alicyclic amines) is 1. The van der Waals surface area contributed by atoms with Crippen LogP contribution in [0, 0.1) is 5.92 Å². The van der Waals surface area contributed by atoms with Crippen LogP contribution in [-0.4, -0.2) is 102 Å². The molecule has 2 aromatic carbocycles. The van der Waals surface area contributed by atoms with Crippen molar-refractivity contribution < 1.29 is 23.9 Å². The van der Waals surface area contributed by atoms with Crippen LogP contribution in [0.2, 0.25) is 0 Å². The zero-order valence-corrected chi connectivity index (χ0v) is 26.8. The number of fused-ring (bicyclic) bond motifs is 3. The van der Waals surface area contributed by atoms with E-state index in [1.165, 1.54) is 7.11 Å². The Labute approximate surface area is 270 Å². The lowest BCUT2D eigenvalue weighted by molar-refractivity contribution is -0.133. The molecule has 1 saturated heterocycles. The van der Waals surface area contributed by atoms with Crippen LogP contribution in [0.5, 0.6) is 11.5 Å². The van der Waals surface area contributed by atoms with Crippen LogP contribution >= 0.6 is 0 Å². The highest BCUT2D eigenvalue weighted by atomic mass is 16.5. The number of amides is 3. The second-order valence-corrected chi connectivity index (χ2v) is 12.1. The molecule has 12 heteroatoms. The Kier molecular flexibility index (Phi) is 11.6. The molecule has 3 heterocycles. The average Bonchev–Trinajstić information content (AvgIpc) is 3.52. The number of nitrogens with one attached hydrogen (secondary N) is 2. The first-order valence-corrected chi connectivity index (χ1v) is 16.2. The largest absolute Gasteiger partial charge is 0.493 e. The van der Waals surface area contributed by atoms with Crippen molar-refractivity contribution in [1.29, 1.82) is 0 Å². The van der Waals surface area contributed by atoms with E-state index in [9.17, 15) is 14.4 Å². The summed E-state index contributed by atoms with van der Waals surface area (Å²) in [7, 11) is 3.64. The van der Waals surface area contributed by atoms with Gasteiger partial charge in [-0.25, -0.2) is 0 Å². The maximum atomic E-state index is 13.7. The molecule has 12 nitrogen and oxygen atoms in total. The van der Waals surface area contributed by atoms with Gasteiger partial charge in [-0.2, -0.15) is 0 Å². The van der Waals surface area contributed by atoms with Gasteiger partial charge in [-0.05, 0) is 56.6 Å². The molecular weight excluding hydrogens is 586 g/mol. The molecule has 46 heavy (non-hydrogen) atoms. The number of ether oxygens (including phenoxy) is 2. The number of carbonyl (C=O) groups excluding carboxylic acids is 3. The van der Waals surface area contributed by atoms with Crippen LogP contribution in [0.25, 0.3) is 0 Å². The Bertz CT molecular complexity index is 1460. The zero-order chi connectivity index (χ0) is 32.3.